The van der Waals surface area contributed by atoms with Crippen molar-refractivity contribution >= 4 is 5.97 Å². The summed E-state index contributed by atoms with van der Waals surface area (Å²) in [6, 6.07) is 26.5. The molecule has 2 atom stereocenters. The highest BCUT2D eigenvalue weighted by molar-refractivity contribution is 5.70. The second kappa shape index (κ2) is 9.99. The molecule has 0 amide bonds. The Morgan fingerprint density at radius 2 is 1.48 bits per heavy atom. The van der Waals surface area contributed by atoms with Crippen molar-refractivity contribution in [2.75, 3.05) is 7.11 Å². The first-order valence-corrected chi connectivity index (χ1v) is 9.75. The van der Waals surface area contributed by atoms with Gasteiger partial charge in [0, 0.05) is 18.6 Å². The quantitative estimate of drug-likeness (QED) is 0.462. The van der Waals surface area contributed by atoms with Crippen LogP contribution in [0.2, 0.25) is 0 Å². The molecular weight excluding hydrogens is 365 g/mol. The summed E-state index contributed by atoms with van der Waals surface area (Å²) in [6.45, 7) is 2.78. The van der Waals surface area contributed by atoms with Crippen molar-refractivity contribution < 1.29 is 13.9 Å². The van der Waals surface area contributed by atoms with Gasteiger partial charge in [-0.1, -0.05) is 72.8 Å². The average Bonchev–Trinajstić information content (AvgIpc) is 2.77. The second-order valence-electron chi connectivity index (χ2n) is 7.09. The van der Waals surface area contributed by atoms with Crippen LogP contribution in [0.1, 0.15) is 42.1 Å². The molecule has 3 aromatic carbocycles. The maximum absolute atomic E-state index is 13.5. The summed E-state index contributed by atoms with van der Waals surface area (Å²) in [4.78, 5) is 14.5. The number of nitrogens with zero attached hydrogens (tertiary/aromatic N) is 1. The predicted octanol–water partition coefficient (Wildman–Crippen LogP) is 5.69. The number of ether oxygens (including phenoxy) is 1. The number of carbonyl (C=O) groups is 1. The normalized spacial score (nSPS) is 13.1. The highest BCUT2D eigenvalue weighted by Gasteiger charge is 2.28. The van der Waals surface area contributed by atoms with Crippen molar-refractivity contribution in [1.82, 2.24) is 4.90 Å². The van der Waals surface area contributed by atoms with Gasteiger partial charge < -0.3 is 4.74 Å². The van der Waals surface area contributed by atoms with Crippen molar-refractivity contribution in [2.24, 2.45) is 0 Å². The van der Waals surface area contributed by atoms with Crippen molar-refractivity contribution in [3.63, 3.8) is 0 Å². The zero-order valence-corrected chi connectivity index (χ0v) is 16.8. The molecule has 0 saturated heterocycles. The number of benzene rings is 3. The molecule has 3 nitrogen and oxygen atoms in total. The lowest BCUT2D eigenvalue weighted by molar-refractivity contribution is -0.142. The monoisotopic (exact) mass is 391 g/mol. The van der Waals surface area contributed by atoms with Gasteiger partial charge in [0.1, 0.15) is 5.82 Å². The van der Waals surface area contributed by atoms with E-state index in [1.165, 1.54) is 19.2 Å². The summed E-state index contributed by atoms with van der Waals surface area (Å²) < 4.78 is 18.5. The van der Waals surface area contributed by atoms with Gasteiger partial charge in [-0.15, -0.1) is 0 Å². The molecule has 150 valence electrons. The summed E-state index contributed by atoms with van der Waals surface area (Å²) in [5, 5.41) is 0. The van der Waals surface area contributed by atoms with Crippen LogP contribution in [0.15, 0.2) is 84.9 Å². The van der Waals surface area contributed by atoms with Crippen LogP contribution in [-0.4, -0.2) is 18.0 Å². The first-order chi connectivity index (χ1) is 14.1. The van der Waals surface area contributed by atoms with Gasteiger partial charge in [0.15, 0.2) is 0 Å². The van der Waals surface area contributed by atoms with E-state index in [0.717, 1.165) is 16.7 Å². The van der Waals surface area contributed by atoms with E-state index in [2.05, 4.69) is 36.1 Å². The van der Waals surface area contributed by atoms with E-state index in [4.69, 9.17) is 4.74 Å². The van der Waals surface area contributed by atoms with Crippen LogP contribution >= 0.6 is 0 Å². The third-order valence-corrected chi connectivity index (χ3v) is 5.23. The first kappa shape index (κ1) is 20.7. The lowest BCUT2D eigenvalue weighted by Gasteiger charge is -2.37. The Bertz CT molecular complexity index is 897. The van der Waals surface area contributed by atoms with Crippen LogP contribution in [0.25, 0.3) is 0 Å². The van der Waals surface area contributed by atoms with E-state index in [1.807, 2.05) is 36.4 Å². The Kier molecular flexibility index (Phi) is 7.14. The van der Waals surface area contributed by atoms with Gasteiger partial charge in [0.25, 0.3) is 0 Å². The van der Waals surface area contributed by atoms with E-state index < -0.39 is 0 Å². The average molecular weight is 391 g/mol. The lowest BCUT2D eigenvalue weighted by Crippen LogP contribution is -2.33. The van der Waals surface area contributed by atoms with Crippen molar-refractivity contribution in [1.29, 1.82) is 0 Å². The fourth-order valence-corrected chi connectivity index (χ4v) is 3.59. The van der Waals surface area contributed by atoms with Crippen molar-refractivity contribution in [2.45, 2.75) is 32.0 Å². The Labute approximate surface area is 171 Å². The second-order valence-corrected chi connectivity index (χ2v) is 7.09. The van der Waals surface area contributed by atoms with Crippen LogP contribution in [0.4, 0.5) is 4.39 Å². The molecule has 0 aliphatic heterocycles. The maximum atomic E-state index is 13.5. The molecule has 0 unspecified atom stereocenters. The number of hydrogen-bond acceptors (Lipinski definition) is 3. The van der Waals surface area contributed by atoms with Crippen LogP contribution < -0.4 is 0 Å². The minimum absolute atomic E-state index is 0.0381. The molecule has 0 aliphatic carbocycles. The maximum Gasteiger partial charge on any atom is 0.307 e. The van der Waals surface area contributed by atoms with E-state index in [-0.39, 0.29) is 30.3 Å². The summed E-state index contributed by atoms with van der Waals surface area (Å²) in [5.41, 5.74) is 3.18. The van der Waals surface area contributed by atoms with Crippen LogP contribution in [0.5, 0.6) is 0 Å². The number of carbonyl (C=O) groups excluding carboxylic acids is 1. The standard InChI is InChI=1S/C25H26FNO2/c1-19(21-11-7-4-8-12-21)27(18-20-9-5-3-6-10-20)24(17-25(28)29-2)22-13-15-23(26)16-14-22/h3-16,19,24H,17-18H2,1-2H3/t19-,24+/m0/s1. The zero-order valence-electron chi connectivity index (χ0n) is 16.8. The Morgan fingerprint density at radius 1 is 0.897 bits per heavy atom. The molecule has 0 aromatic heterocycles. The molecule has 0 bridgehead atoms. The van der Waals surface area contributed by atoms with Gasteiger partial charge in [0.05, 0.1) is 13.5 Å². The van der Waals surface area contributed by atoms with Crippen LogP contribution in [0, 0.1) is 5.82 Å². The summed E-state index contributed by atoms with van der Waals surface area (Å²) in [7, 11) is 1.40. The van der Waals surface area contributed by atoms with Gasteiger partial charge in [-0.3, -0.25) is 9.69 Å². The van der Waals surface area contributed by atoms with Gasteiger partial charge in [-0.2, -0.15) is 0 Å². The molecule has 3 rings (SSSR count). The van der Waals surface area contributed by atoms with E-state index in [0.29, 0.717) is 6.54 Å². The Balaban J connectivity index is 2.02. The summed E-state index contributed by atoms with van der Waals surface area (Å²) >= 11 is 0. The van der Waals surface area contributed by atoms with E-state index >= 15 is 0 Å². The van der Waals surface area contributed by atoms with Crippen LogP contribution in [-0.2, 0) is 16.1 Å². The molecule has 29 heavy (non-hydrogen) atoms. The number of halogens is 1. The highest BCUT2D eigenvalue weighted by atomic mass is 19.1. The number of hydrogen-bond donors (Lipinski definition) is 0. The zero-order chi connectivity index (χ0) is 20.6. The predicted molar refractivity (Wildman–Crippen MR) is 113 cm³/mol. The van der Waals surface area contributed by atoms with Gasteiger partial charge in [-0.05, 0) is 35.7 Å². The summed E-state index contributed by atoms with van der Waals surface area (Å²) in [6.07, 6.45) is 0.187. The molecule has 0 spiro atoms. The van der Waals surface area contributed by atoms with Crippen LogP contribution in [0.3, 0.4) is 0 Å². The van der Waals surface area contributed by atoms with E-state index in [1.54, 1.807) is 12.1 Å². The van der Waals surface area contributed by atoms with Gasteiger partial charge >= 0.3 is 5.97 Å². The van der Waals surface area contributed by atoms with E-state index in [9.17, 15) is 9.18 Å². The lowest BCUT2D eigenvalue weighted by atomic mass is 9.96. The third-order valence-electron chi connectivity index (χ3n) is 5.23. The number of methoxy groups -OCH3 is 1. The first-order valence-electron chi connectivity index (χ1n) is 9.75. The summed E-state index contributed by atoms with van der Waals surface area (Å²) in [5.74, 6) is -0.589. The molecule has 0 aliphatic rings. The number of esters is 1. The number of rotatable bonds is 8. The van der Waals surface area contributed by atoms with Gasteiger partial charge in [-0.25, -0.2) is 4.39 Å². The van der Waals surface area contributed by atoms with Crippen molar-refractivity contribution in [3.8, 4) is 0 Å². The molecule has 0 fully saturated rings. The minimum Gasteiger partial charge on any atom is -0.469 e. The molecule has 0 N–H and O–H groups in total. The largest absolute Gasteiger partial charge is 0.469 e. The molecule has 4 heteroatoms. The molecule has 0 saturated carbocycles. The Morgan fingerprint density at radius 3 is 2.07 bits per heavy atom. The molecular formula is C25H26FNO2. The molecule has 0 heterocycles. The Hall–Kier alpha value is -2.98. The fourth-order valence-electron chi connectivity index (χ4n) is 3.59. The molecule has 0 radical (unpaired) electrons. The fraction of sp³-hybridized carbons (Fsp3) is 0.240. The molecule has 3 aromatic rings. The topological polar surface area (TPSA) is 29.5 Å². The van der Waals surface area contributed by atoms with Crippen molar-refractivity contribution in [3.05, 3.63) is 107 Å². The highest BCUT2D eigenvalue weighted by Crippen LogP contribution is 2.35. The smallest absolute Gasteiger partial charge is 0.307 e. The van der Waals surface area contributed by atoms with Gasteiger partial charge in [0.2, 0.25) is 0 Å². The third kappa shape index (κ3) is 5.52. The SMILES string of the molecule is COC(=O)C[C@H](c1ccc(F)cc1)N(Cc1ccccc1)[C@@H](C)c1ccccc1. The minimum atomic E-state index is -0.295.